The number of fused-ring (bicyclic) bond motifs is 5. The van der Waals surface area contributed by atoms with E-state index in [1.54, 1.807) is 13.0 Å². The maximum Gasteiger partial charge on any atom is 0.343 e. The quantitative estimate of drug-likeness (QED) is 0.288. The summed E-state index contributed by atoms with van der Waals surface area (Å²) in [6.07, 6.45) is 0.00747. The molecule has 1 N–H and O–H groups in total. The van der Waals surface area contributed by atoms with Crippen molar-refractivity contribution in [2.75, 3.05) is 21.3 Å². The number of methoxy groups -OCH3 is 3. The van der Waals surface area contributed by atoms with Crippen molar-refractivity contribution >= 4 is 22.7 Å². The lowest BCUT2D eigenvalue weighted by Gasteiger charge is -2.32. The van der Waals surface area contributed by atoms with Crippen molar-refractivity contribution in [3.05, 3.63) is 81.1 Å². The van der Waals surface area contributed by atoms with Gasteiger partial charge in [0.05, 0.1) is 43.8 Å². The molecule has 2 aromatic heterocycles. The van der Waals surface area contributed by atoms with Crippen LogP contribution in [0.2, 0.25) is 0 Å². The third kappa shape index (κ3) is 3.45. The van der Waals surface area contributed by atoms with Gasteiger partial charge in [-0.25, -0.2) is 9.78 Å². The minimum absolute atomic E-state index is 0.00747. The zero-order valence-electron chi connectivity index (χ0n) is 22.3. The number of ketones is 1. The van der Waals surface area contributed by atoms with Crippen LogP contribution in [0.15, 0.2) is 53.3 Å². The predicted octanol–water partition coefficient (Wildman–Crippen LogP) is 3.53. The van der Waals surface area contributed by atoms with Gasteiger partial charge in [-0.2, -0.15) is 0 Å². The minimum Gasteiger partial charge on any atom is -0.493 e. The number of Topliss-reactive ketones (excluding diaryl/α,β-unsaturated/α-hetero) is 1. The van der Waals surface area contributed by atoms with E-state index in [-0.39, 0.29) is 41.2 Å². The molecule has 2 aromatic carbocycles. The number of carbonyl (C=O) groups is 2. The Morgan fingerprint density at radius 1 is 1.07 bits per heavy atom. The lowest BCUT2D eigenvalue weighted by atomic mass is 9.86. The zero-order chi connectivity index (χ0) is 28.3. The topological polar surface area (TPSA) is 126 Å². The van der Waals surface area contributed by atoms with Gasteiger partial charge in [0.25, 0.3) is 5.56 Å². The Labute approximate surface area is 228 Å². The van der Waals surface area contributed by atoms with Crippen molar-refractivity contribution in [1.82, 2.24) is 9.55 Å². The average Bonchev–Trinajstić information content (AvgIpc) is 3.30. The average molecular weight is 543 g/mol. The Balaban J connectivity index is 1.65. The Hall–Kier alpha value is -4.70. The molecule has 2 aliphatic rings. The highest BCUT2D eigenvalue weighted by atomic mass is 16.6. The largest absolute Gasteiger partial charge is 0.493 e. The number of aliphatic hydroxyl groups is 1. The van der Waals surface area contributed by atoms with Crippen molar-refractivity contribution in [1.29, 1.82) is 0 Å². The molecule has 0 fully saturated rings. The van der Waals surface area contributed by atoms with Crippen LogP contribution in [0.4, 0.5) is 0 Å². The number of esters is 1. The molecule has 40 heavy (non-hydrogen) atoms. The van der Waals surface area contributed by atoms with E-state index >= 15 is 0 Å². The summed E-state index contributed by atoms with van der Waals surface area (Å²) in [6, 6.07) is 12.8. The molecule has 0 saturated carbocycles. The first-order chi connectivity index (χ1) is 19.3. The van der Waals surface area contributed by atoms with Crippen LogP contribution in [-0.2, 0) is 21.7 Å². The summed E-state index contributed by atoms with van der Waals surface area (Å²) in [7, 11) is 4.37. The molecule has 2 aliphatic heterocycles. The summed E-state index contributed by atoms with van der Waals surface area (Å²) in [4.78, 5) is 45.8. The fourth-order valence-electron chi connectivity index (χ4n) is 5.64. The first-order valence-electron chi connectivity index (χ1n) is 12.7. The fraction of sp³-hybridized carbons (Fsp3) is 0.267. The van der Waals surface area contributed by atoms with Gasteiger partial charge in [0, 0.05) is 22.1 Å². The van der Waals surface area contributed by atoms with Crippen molar-refractivity contribution in [2.24, 2.45) is 0 Å². The van der Waals surface area contributed by atoms with Crippen LogP contribution in [0.1, 0.15) is 46.4 Å². The molecule has 0 bridgehead atoms. The molecule has 204 valence electrons. The van der Waals surface area contributed by atoms with Crippen LogP contribution >= 0.6 is 0 Å². The van der Waals surface area contributed by atoms with Gasteiger partial charge >= 0.3 is 5.97 Å². The number of pyridine rings is 2. The standard InChI is InChI=1S/C30H26N2O8/c1-5-30(36)19-13-21-24-17(10-15-8-6-7-9-20(15)31-24)25(32(21)28(34)18(19)14-40-29(30)35)26(33)16-11-22(37-2)27(39-4)23(12-16)38-3/h6-13,25,36H,5,14H2,1-4H3/t25-,30-/m0/s1. The molecule has 0 amide bonds. The molecule has 10 nitrogen and oxygen atoms in total. The normalized spacial score (nSPS) is 18.9. The number of cyclic esters (lactones) is 1. The molecule has 2 atom stereocenters. The smallest absolute Gasteiger partial charge is 0.343 e. The van der Waals surface area contributed by atoms with E-state index in [1.165, 1.54) is 38.0 Å². The van der Waals surface area contributed by atoms with E-state index in [0.29, 0.717) is 28.2 Å². The number of hydrogen-bond acceptors (Lipinski definition) is 9. The van der Waals surface area contributed by atoms with E-state index in [4.69, 9.17) is 23.9 Å². The summed E-state index contributed by atoms with van der Waals surface area (Å²) in [5.74, 6) is -0.317. The predicted molar refractivity (Wildman–Crippen MR) is 144 cm³/mol. The number of carbonyl (C=O) groups excluding carboxylic acids is 2. The number of hydrogen-bond donors (Lipinski definition) is 1. The van der Waals surface area contributed by atoms with Crippen LogP contribution in [0.5, 0.6) is 17.2 Å². The van der Waals surface area contributed by atoms with Gasteiger partial charge in [0.15, 0.2) is 22.9 Å². The van der Waals surface area contributed by atoms with E-state index in [0.717, 1.165) is 5.39 Å². The van der Waals surface area contributed by atoms with Gasteiger partial charge in [0.1, 0.15) is 12.6 Å². The van der Waals surface area contributed by atoms with Gasteiger partial charge < -0.3 is 24.1 Å². The number of benzene rings is 2. The van der Waals surface area contributed by atoms with Crippen molar-refractivity contribution in [2.45, 2.75) is 31.6 Å². The monoisotopic (exact) mass is 542 g/mol. The molecule has 4 aromatic rings. The van der Waals surface area contributed by atoms with Crippen molar-refractivity contribution in [3.8, 4) is 28.6 Å². The second kappa shape index (κ2) is 9.20. The molecule has 0 radical (unpaired) electrons. The Morgan fingerprint density at radius 2 is 1.77 bits per heavy atom. The molecule has 0 aliphatic carbocycles. The number of ether oxygens (including phenoxy) is 4. The number of rotatable bonds is 6. The van der Waals surface area contributed by atoms with E-state index < -0.39 is 29.0 Å². The van der Waals surface area contributed by atoms with E-state index in [9.17, 15) is 19.5 Å². The SMILES string of the molecule is CC[C@@]1(O)C(=O)OCc2c1cc1n(c2=O)[C@H](C(=O)c2cc(OC)c(OC)c(OC)c2)c2cc3ccccc3nc2-1. The lowest BCUT2D eigenvalue weighted by Crippen LogP contribution is -2.45. The summed E-state index contributed by atoms with van der Waals surface area (Å²) < 4.78 is 22.9. The van der Waals surface area contributed by atoms with Gasteiger partial charge in [-0.05, 0) is 36.8 Å². The third-order valence-corrected chi connectivity index (χ3v) is 7.73. The van der Waals surface area contributed by atoms with Gasteiger partial charge in [-0.1, -0.05) is 25.1 Å². The minimum atomic E-state index is -1.99. The maximum absolute atomic E-state index is 14.3. The molecule has 0 saturated heterocycles. The summed E-state index contributed by atoms with van der Waals surface area (Å²) in [5.41, 5.74) is -0.0748. The Morgan fingerprint density at radius 3 is 2.42 bits per heavy atom. The molecular weight excluding hydrogens is 516 g/mol. The number of aromatic nitrogens is 2. The molecule has 6 rings (SSSR count). The Kier molecular flexibility index (Phi) is 5.88. The van der Waals surface area contributed by atoms with E-state index in [1.807, 2.05) is 30.3 Å². The van der Waals surface area contributed by atoms with Crippen molar-refractivity contribution in [3.63, 3.8) is 0 Å². The van der Waals surface area contributed by atoms with Gasteiger partial charge in [-0.15, -0.1) is 0 Å². The lowest BCUT2D eigenvalue weighted by molar-refractivity contribution is -0.172. The number of para-hydroxylation sites is 1. The summed E-state index contributed by atoms with van der Waals surface area (Å²) >= 11 is 0. The molecular formula is C30H26N2O8. The van der Waals surface area contributed by atoms with Gasteiger partial charge in [0.2, 0.25) is 5.75 Å². The Bertz CT molecular complexity index is 1770. The number of nitrogens with zero attached hydrogens (tertiary/aromatic N) is 2. The second-order valence-electron chi connectivity index (χ2n) is 9.69. The maximum atomic E-state index is 14.3. The molecule has 0 spiro atoms. The van der Waals surface area contributed by atoms with Crippen LogP contribution in [0, 0.1) is 0 Å². The third-order valence-electron chi connectivity index (χ3n) is 7.73. The molecule has 4 heterocycles. The zero-order valence-corrected chi connectivity index (χ0v) is 22.3. The molecule has 0 unspecified atom stereocenters. The first-order valence-corrected chi connectivity index (χ1v) is 12.7. The van der Waals surface area contributed by atoms with Crippen molar-refractivity contribution < 1.29 is 33.6 Å². The second-order valence-corrected chi connectivity index (χ2v) is 9.69. The highest BCUT2D eigenvalue weighted by Gasteiger charge is 2.47. The fourth-order valence-corrected chi connectivity index (χ4v) is 5.64. The van der Waals surface area contributed by atoms with Gasteiger partial charge in [-0.3, -0.25) is 14.2 Å². The summed E-state index contributed by atoms with van der Waals surface area (Å²) in [5, 5.41) is 12.0. The molecule has 10 heteroatoms. The van der Waals surface area contributed by atoms with Crippen LogP contribution < -0.4 is 19.8 Å². The van der Waals surface area contributed by atoms with E-state index in [2.05, 4.69) is 0 Å². The van der Waals surface area contributed by atoms with Crippen LogP contribution in [-0.4, -0.2) is 47.7 Å². The van der Waals surface area contributed by atoms with Crippen LogP contribution in [0.25, 0.3) is 22.3 Å². The highest BCUT2D eigenvalue weighted by Crippen LogP contribution is 2.45. The highest BCUT2D eigenvalue weighted by molar-refractivity contribution is 6.05. The first kappa shape index (κ1) is 25.6. The van der Waals surface area contributed by atoms with Crippen LogP contribution in [0.3, 0.4) is 0 Å². The summed E-state index contributed by atoms with van der Waals surface area (Å²) in [6.45, 7) is 1.32.